The number of hydrogen-bond donors (Lipinski definition) is 1. The zero-order valence-electron chi connectivity index (χ0n) is 17.7. The fourth-order valence-corrected chi connectivity index (χ4v) is 4.43. The van der Waals surface area contributed by atoms with Crippen molar-refractivity contribution in [1.29, 1.82) is 5.26 Å². The minimum absolute atomic E-state index is 0.107. The van der Waals surface area contributed by atoms with Gasteiger partial charge in [-0.15, -0.1) is 0 Å². The lowest BCUT2D eigenvalue weighted by Gasteiger charge is -2.13. The number of rotatable bonds is 7. The Morgan fingerprint density at radius 2 is 1.61 bits per heavy atom. The van der Waals surface area contributed by atoms with Gasteiger partial charge >= 0.3 is 0 Å². The lowest BCUT2D eigenvalue weighted by molar-refractivity contribution is -0.118. The van der Waals surface area contributed by atoms with E-state index in [0.717, 1.165) is 32.4 Å². The number of carbonyl (C=O) groups excluding carboxylic acids is 1. The van der Waals surface area contributed by atoms with E-state index >= 15 is 0 Å². The lowest BCUT2D eigenvalue weighted by atomic mass is 9.99. The highest BCUT2D eigenvalue weighted by Gasteiger charge is 2.17. The van der Waals surface area contributed by atoms with Crippen LogP contribution in [0.5, 0.6) is 0 Å². The van der Waals surface area contributed by atoms with Crippen molar-refractivity contribution in [1.82, 2.24) is 10.3 Å². The first kappa shape index (κ1) is 22.8. The maximum absolute atomic E-state index is 12.5. The van der Waals surface area contributed by atoms with Crippen molar-refractivity contribution in [2.24, 2.45) is 0 Å². The molecule has 3 aromatic carbocycles. The molecule has 4 aromatic rings. The van der Waals surface area contributed by atoms with Gasteiger partial charge in [0, 0.05) is 22.1 Å². The average molecular weight is 514 g/mol. The first-order valence-corrected chi connectivity index (χ1v) is 12.1. The molecule has 0 atom stereocenters. The Hall–Kier alpha value is -3.40. The van der Waals surface area contributed by atoms with Crippen LogP contribution in [-0.4, -0.2) is 16.6 Å². The van der Waals surface area contributed by atoms with Crippen molar-refractivity contribution in [2.45, 2.75) is 11.6 Å². The van der Waals surface area contributed by atoms with Gasteiger partial charge in [-0.05, 0) is 29.3 Å². The summed E-state index contributed by atoms with van der Waals surface area (Å²) in [7, 11) is 0. The monoisotopic (exact) mass is 513 g/mol. The van der Waals surface area contributed by atoms with Gasteiger partial charge in [-0.1, -0.05) is 100 Å². The maximum atomic E-state index is 12.5. The van der Waals surface area contributed by atoms with Gasteiger partial charge in [0.25, 0.3) is 0 Å². The van der Waals surface area contributed by atoms with Crippen LogP contribution in [-0.2, 0) is 11.3 Å². The highest BCUT2D eigenvalue weighted by atomic mass is 79.9. The molecule has 0 aliphatic heterocycles. The van der Waals surface area contributed by atoms with Crippen LogP contribution in [0.2, 0.25) is 0 Å². The third kappa shape index (κ3) is 5.89. The van der Waals surface area contributed by atoms with E-state index in [0.29, 0.717) is 17.1 Å². The van der Waals surface area contributed by atoms with E-state index < -0.39 is 0 Å². The lowest BCUT2D eigenvalue weighted by Crippen LogP contribution is -2.24. The summed E-state index contributed by atoms with van der Waals surface area (Å²) < 4.78 is 0.980. The van der Waals surface area contributed by atoms with Crippen LogP contribution in [0, 0.1) is 11.3 Å². The van der Waals surface area contributed by atoms with Crippen LogP contribution < -0.4 is 5.32 Å². The number of pyridine rings is 1. The SMILES string of the molecule is N#Cc1c(-c2ccccc2)cc(-c2ccc(Br)cc2)nc1SCC(=O)NCc1ccccc1. The Bertz CT molecular complexity index is 1290. The maximum Gasteiger partial charge on any atom is 0.230 e. The smallest absolute Gasteiger partial charge is 0.230 e. The van der Waals surface area contributed by atoms with Gasteiger partial charge in [-0.2, -0.15) is 5.26 Å². The molecule has 1 amide bonds. The molecule has 0 saturated heterocycles. The minimum atomic E-state index is -0.107. The van der Waals surface area contributed by atoms with Crippen LogP contribution >= 0.6 is 27.7 Å². The van der Waals surface area contributed by atoms with Gasteiger partial charge in [-0.25, -0.2) is 4.98 Å². The van der Waals surface area contributed by atoms with Crippen molar-refractivity contribution in [3.8, 4) is 28.5 Å². The Labute approximate surface area is 205 Å². The molecule has 162 valence electrons. The summed E-state index contributed by atoms with van der Waals surface area (Å²) in [5, 5.41) is 13.4. The first-order valence-electron chi connectivity index (χ1n) is 10.3. The van der Waals surface area contributed by atoms with Gasteiger partial charge in [0.05, 0.1) is 17.0 Å². The Morgan fingerprint density at radius 1 is 0.939 bits per heavy atom. The summed E-state index contributed by atoms with van der Waals surface area (Å²) in [4.78, 5) is 17.3. The number of thioether (sulfide) groups is 1. The molecule has 33 heavy (non-hydrogen) atoms. The van der Waals surface area contributed by atoms with Crippen molar-refractivity contribution in [2.75, 3.05) is 5.75 Å². The summed E-state index contributed by atoms with van der Waals surface area (Å²) >= 11 is 4.75. The van der Waals surface area contributed by atoms with Crippen LogP contribution in [0.25, 0.3) is 22.4 Å². The zero-order chi connectivity index (χ0) is 23.0. The zero-order valence-corrected chi connectivity index (χ0v) is 20.1. The Morgan fingerprint density at radius 3 is 2.27 bits per heavy atom. The fourth-order valence-electron chi connectivity index (χ4n) is 3.33. The number of carbonyl (C=O) groups is 1. The molecule has 1 aromatic heterocycles. The molecule has 0 radical (unpaired) electrons. The molecule has 0 aliphatic carbocycles. The molecule has 0 fully saturated rings. The first-order chi connectivity index (χ1) is 16.1. The molecule has 6 heteroatoms. The summed E-state index contributed by atoms with van der Waals surface area (Å²) in [6, 6.07) is 31.7. The molecular formula is C27H20BrN3OS. The number of aromatic nitrogens is 1. The summed E-state index contributed by atoms with van der Waals surface area (Å²) in [5.41, 5.74) is 4.95. The van der Waals surface area contributed by atoms with E-state index in [1.54, 1.807) is 0 Å². The van der Waals surface area contributed by atoms with Crippen LogP contribution in [0.15, 0.2) is 100 Å². The topological polar surface area (TPSA) is 65.8 Å². The number of nitrogens with one attached hydrogen (secondary N) is 1. The highest BCUT2D eigenvalue weighted by Crippen LogP contribution is 2.34. The largest absolute Gasteiger partial charge is 0.351 e. The van der Waals surface area contributed by atoms with Crippen LogP contribution in [0.4, 0.5) is 0 Å². The molecule has 1 N–H and O–H groups in total. The van der Waals surface area contributed by atoms with Crippen molar-refractivity contribution in [3.05, 3.63) is 107 Å². The number of hydrogen-bond acceptors (Lipinski definition) is 4. The average Bonchev–Trinajstić information content (AvgIpc) is 2.87. The van der Waals surface area contributed by atoms with E-state index in [1.165, 1.54) is 11.8 Å². The number of nitriles is 1. The summed E-state index contributed by atoms with van der Waals surface area (Å²) in [6.45, 7) is 0.465. The van der Waals surface area contributed by atoms with Crippen LogP contribution in [0.1, 0.15) is 11.1 Å². The number of halogens is 1. The second kappa shape index (κ2) is 11.0. The van der Waals surface area contributed by atoms with E-state index in [4.69, 9.17) is 4.98 Å². The van der Waals surface area contributed by atoms with Gasteiger partial charge in [-0.3, -0.25) is 4.79 Å². The van der Waals surface area contributed by atoms with E-state index in [1.807, 2.05) is 91.0 Å². The molecule has 0 unspecified atom stereocenters. The Kier molecular flexibility index (Phi) is 7.56. The molecule has 0 saturated carbocycles. The minimum Gasteiger partial charge on any atom is -0.351 e. The summed E-state index contributed by atoms with van der Waals surface area (Å²) in [6.07, 6.45) is 0. The van der Waals surface area contributed by atoms with Gasteiger partial charge in [0.2, 0.25) is 5.91 Å². The van der Waals surface area contributed by atoms with E-state index in [2.05, 4.69) is 27.3 Å². The molecule has 0 aliphatic rings. The third-order valence-corrected chi connectivity index (χ3v) is 6.50. The number of benzene rings is 3. The normalized spacial score (nSPS) is 10.4. The van der Waals surface area contributed by atoms with E-state index in [-0.39, 0.29) is 11.7 Å². The number of nitrogens with zero attached hydrogens (tertiary/aromatic N) is 2. The van der Waals surface area contributed by atoms with E-state index in [9.17, 15) is 10.1 Å². The fraction of sp³-hybridized carbons (Fsp3) is 0.0741. The molecule has 4 rings (SSSR count). The molecule has 0 bridgehead atoms. The second-order valence-corrected chi connectivity index (χ2v) is 9.15. The highest BCUT2D eigenvalue weighted by molar-refractivity contribution is 9.10. The van der Waals surface area contributed by atoms with Crippen molar-refractivity contribution < 1.29 is 4.79 Å². The molecule has 4 nitrogen and oxygen atoms in total. The molecule has 1 heterocycles. The predicted octanol–water partition coefficient (Wildman–Crippen LogP) is 6.46. The van der Waals surface area contributed by atoms with Gasteiger partial charge in [0.1, 0.15) is 11.1 Å². The summed E-state index contributed by atoms with van der Waals surface area (Å²) in [5.74, 6) is 0.0665. The number of amides is 1. The quantitative estimate of drug-likeness (QED) is 0.288. The molecular weight excluding hydrogens is 494 g/mol. The van der Waals surface area contributed by atoms with Gasteiger partial charge in [0.15, 0.2) is 0 Å². The predicted molar refractivity (Wildman–Crippen MR) is 137 cm³/mol. The van der Waals surface area contributed by atoms with Crippen molar-refractivity contribution >= 4 is 33.6 Å². The molecule has 0 spiro atoms. The van der Waals surface area contributed by atoms with Crippen LogP contribution in [0.3, 0.4) is 0 Å². The second-order valence-electron chi connectivity index (χ2n) is 7.27. The Balaban J connectivity index is 1.63. The third-order valence-electron chi connectivity index (χ3n) is 5.00. The van der Waals surface area contributed by atoms with Gasteiger partial charge < -0.3 is 5.32 Å². The van der Waals surface area contributed by atoms with Crippen molar-refractivity contribution in [3.63, 3.8) is 0 Å². The standard InChI is InChI=1S/C27H20BrN3OS/c28-22-13-11-21(12-14-22)25-15-23(20-9-5-2-6-10-20)24(16-29)27(31-25)33-18-26(32)30-17-19-7-3-1-4-8-19/h1-15H,17-18H2,(H,30,32).